The zero-order valence-electron chi connectivity index (χ0n) is 9.25. The van der Waals surface area contributed by atoms with Crippen molar-refractivity contribution in [1.29, 1.82) is 0 Å². The Kier molecular flexibility index (Phi) is 13.0. The average Bonchev–Trinajstić information content (AvgIpc) is 2.08. The van der Waals surface area contributed by atoms with E-state index in [0.717, 1.165) is 0 Å². The lowest BCUT2D eigenvalue weighted by Crippen LogP contribution is -2.68. The average molecular weight is 1280 g/mol. The van der Waals surface area contributed by atoms with E-state index in [0.29, 0.717) is 0 Å². The highest BCUT2D eigenvalue weighted by atomic mass is 80.0. The quantitative estimate of drug-likeness (QED) is 0.247. The van der Waals surface area contributed by atoms with Crippen LogP contribution in [0.4, 0.5) is 0 Å². The maximum Gasteiger partial charge on any atom is 0.148 e. The second kappa shape index (κ2) is 9.77. The number of halogens is 15. The molecule has 0 aromatic rings. The summed E-state index contributed by atoms with van der Waals surface area (Å²) in [6, 6.07) is 0. The van der Waals surface area contributed by atoms with Gasteiger partial charge < -0.3 is 0 Å². The molecule has 0 fully saturated rings. The van der Waals surface area contributed by atoms with Gasteiger partial charge >= 0.3 is 0 Å². The number of hydrogen-bond donors (Lipinski definition) is 0. The maximum absolute atomic E-state index is 3.83. The highest BCUT2D eigenvalue weighted by Gasteiger charge is 2.80. The third-order valence-corrected chi connectivity index (χ3v) is 18.3. The molecule has 0 atom stereocenters. The third kappa shape index (κ3) is 5.51. The van der Waals surface area contributed by atoms with Crippen LogP contribution in [0.1, 0.15) is 0 Å². The van der Waals surface area contributed by atoms with Gasteiger partial charge in [0.25, 0.3) is 0 Å². The van der Waals surface area contributed by atoms with Crippen LogP contribution in [0.25, 0.3) is 0 Å². The van der Waals surface area contributed by atoms with Crippen molar-refractivity contribution in [2.75, 3.05) is 0 Å². The minimum Gasteiger partial charge on any atom is -0.0739 e. The van der Waals surface area contributed by atoms with Gasteiger partial charge in [0.2, 0.25) is 0 Å². The molecule has 0 saturated carbocycles. The Labute approximate surface area is 255 Å². The predicted molar refractivity (Wildman–Crippen MR) is 154 cm³/mol. The Morgan fingerprint density at radius 1 is 0.455 bits per heavy atom. The molecular weight excluding hydrogens is 1280 g/mol. The van der Waals surface area contributed by atoms with Crippen molar-refractivity contribution in [3.8, 4) is 0 Å². The summed E-state index contributed by atoms with van der Waals surface area (Å²) in [5, 5.41) is 0. The summed E-state index contributed by atoms with van der Waals surface area (Å²) in [5.41, 5.74) is -0.896. The Morgan fingerprint density at radius 2 is 0.682 bits per heavy atom. The van der Waals surface area contributed by atoms with E-state index in [-0.39, 0.29) is 3.74 Å². The van der Waals surface area contributed by atoms with Gasteiger partial charge in [-0.15, -0.1) is 0 Å². The summed E-state index contributed by atoms with van der Waals surface area (Å²) in [7, 11) is 0. The van der Waals surface area contributed by atoms with Gasteiger partial charge in [0.1, 0.15) is 18.3 Å². The molecule has 0 aliphatic rings. The highest BCUT2D eigenvalue weighted by molar-refractivity contribution is 9.42. The number of rotatable bonds is 3. The summed E-state index contributed by atoms with van der Waals surface area (Å²) in [4.78, 5) is 0. The molecule has 0 aliphatic heterocycles. The first-order chi connectivity index (χ1) is 9.19. The molecule has 0 bridgehead atoms. The van der Waals surface area contributed by atoms with Crippen LogP contribution in [0.3, 0.4) is 0 Å². The van der Waals surface area contributed by atoms with Gasteiger partial charge in [-0.1, -0.05) is 239 Å². The standard InChI is InChI=1S/C7HBr15/c8-1(9)2(10,11)4(12,13)3(5(14,15)16,6(17,18)19)7(20,21)22/h1H. The summed E-state index contributed by atoms with van der Waals surface area (Å²) < 4.78 is -4.27. The molecule has 0 aromatic carbocycles. The maximum atomic E-state index is 3.83. The van der Waals surface area contributed by atoms with E-state index in [1.54, 1.807) is 0 Å². The highest BCUT2D eigenvalue weighted by Crippen LogP contribution is 2.82. The van der Waals surface area contributed by atoms with Crippen molar-refractivity contribution >= 4 is 239 Å². The molecule has 0 amide bonds. The van der Waals surface area contributed by atoms with Gasteiger partial charge in [-0.3, -0.25) is 0 Å². The minimum absolute atomic E-state index is 0.176. The van der Waals surface area contributed by atoms with Gasteiger partial charge in [0.05, 0.1) is 3.74 Å². The van der Waals surface area contributed by atoms with Crippen LogP contribution in [0.15, 0.2) is 0 Å². The largest absolute Gasteiger partial charge is 0.148 e. The van der Waals surface area contributed by atoms with Crippen LogP contribution in [0.5, 0.6) is 0 Å². The fraction of sp³-hybridized carbons (Fsp3) is 1.00. The van der Waals surface area contributed by atoms with Crippen molar-refractivity contribution in [3.05, 3.63) is 0 Å². The van der Waals surface area contributed by atoms with E-state index in [1.807, 2.05) is 0 Å². The molecule has 22 heavy (non-hydrogen) atoms. The van der Waals surface area contributed by atoms with Gasteiger partial charge in [0.15, 0.2) is 0 Å². The smallest absolute Gasteiger partial charge is 0.0739 e. The lowest BCUT2D eigenvalue weighted by molar-refractivity contribution is 0.335. The summed E-state index contributed by atoms with van der Waals surface area (Å²) in [5.74, 6) is 0. The van der Waals surface area contributed by atoms with Crippen molar-refractivity contribution in [3.63, 3.8) is 0 Å². The van der Waals surface area contributed by atoms with Crippen molar-refractivity contribution in [2.45, 2.75) is 16.6 Å². The second-order valence-corrected chi connectivity index (χ2v) is 34.1. The third-order valence-electron chi connectivity index (χ3n) is 2.44. The van der Waals surface area contributed by atoms with Crippen molar-refractivity contribution in [2.24, 2.45) is 5.41 Å². The van der Waals surface area contributed by atoms with Crippen LogP contribution < -0.4 is 0 Å². The Hall–Kier alpha value is 7.20. The molecule has 134 valence electrons. The minimum atomic E-state index is -0.896. The van der Waals surface area contributed by atoms with Crippen LogP contribution in [-0.4, -0.2) is 16.6 Å². The first-order valence-corrected chi connectivity index (χ1v) is 16.6. The van der Waals surface area contributed by atoms with E-state index in [4.69, 9.17) is 0 Å². The van der Waals surface area contributed by atoms with E-state index in [9.17, 15) is 0 Å². The van der Waals surface area contributed by atoms with Gasteiger partial charge in [-0.2, -0.15) is 0 Å². The molecule has 0 saturated heterocycles. The summed E-state index contributed by atoms with van der Waals surface area (Å²) in [6.07, 6.45) is 0. The van der Waals surface area contributed by atoms with Crippen molar-refractivity contribution in [1.82, 2.24) is 0 Å². The van der Waals surface area contributed by atoms with Gasteiger partial charge in [0, 0.05) is 0 Å². The Balaban J connectivity index is 6.98. The summed E-state index contributed by atoms with van der Waals surface area (Å²) in [6.45, 7) is 0. The topological polar surface area (TPSA) is 0 Å². The number of alkyl halides is 15. The fourth-order valence-corrected chi connectivity index (χ4v) is 26.2. The monoisotopic (exact) mass is 1270 g/mol. The summed E-state index contributed by atoms with van der Waals surface area (Å²) >= 11 is 55.3. The SMILES string of the molecule is BrC(Br)C(Br)(Br)C(Br)(Br)C(C(Br)(Br)Br)(C(Br)(Br)Br)C(Br)(Br)Br. The van der Waals surface area contributed by atoms with Crippen molar-refractivity contribution < 1.29 is 0 Å². The number of hydrogen-bond acceptors (Lipinski definition) is 0. The van der Waals surface area contributed by atoms with E-state index < -0.39 is 18.3 Å². The van der Waals surface area contributed by atoms with Crippen LogP contribution >= 0.6 is 239 Å². The molecule has 0 rings (SSSR count). The fourth-order valence-electron chi connectivity index (χ4n) is 1.40. The van der Waals surface area contributed by atoms with Crippen LogP contribution in [-0.2, 0) is 0 Å². The molecule has 15 heteroatoms. The Bertz CT molecular complexity index is 356. The lowest BCUT2D eigenvalue weighted by Gasteiger charge is -2.60. The first kappa shape index (κ1) is 29.2. The molecule has 0 heterocycles. The van der Waals surface area contributed by atoms with E-state index in [2.05, 4.69) is 239 Å². The normalized spacial score (nSPS) is 16.4. The molecule has 0 spiro atoms. The van der Waals surface area contributed by atoms with Gasteiger partial charge in [-0.25, -0.2) is 0 Å². The Morgan fingerprint density at radius 3 is 0.818 bits per heavy atom. The molecule has 0 unspecified atom stereocenters. The molecule has 0 aromatic heterocycles. The zero-order valence-corrected chi connectivity index (χ0v) is 33.0. The van der Waals surface area contributed by atoms with Crippen LogP contribution in [0, 0.1) is 5.41 Å². The molecular formula is C7HBr15. The lowest BCUT2D eigenvalue weighted by atomic mass is 9.89. The van der Waals surface area contributed by atoms with Crippen LogP contribution in [0.2, 0.25) is 0 Å². The zero-order chi connectivity index (χ0) is 18.6. The molecule has 0 aliphatic carbocycles. The van der Waals surface area contributed by atoms with E-state index in [1.165, 1.54) is 0 Å². The van der Waals surface area contributed by atoms with Gasteiger partial charge in [-0.05, 0) is 0 Å². The first-order valence-electron chi connectivity index (χ1n) is 4.43. The second-order valence-electron chi connectivity index (χ2n) is 3.74. The van der Waals surface area contributed by atoms with E-state index >= 15 is 0 Å². The molecule has 0 radical (unpaired) electrons. The molecule has 0 nitrogen and oxygen atoms in total. The predicted octanol–water partition coefficient (Wildman–Crippen LogP) is 11.6. The molecule has 0 N–H and O–H groups in total.